The van der Waals surface area contributed by atoms with Crippen molar-refractivity contribution in [1.29, 1.82) is 0 Å². The van der Waals surface area contributed by atoms with Gasteiger partial charge in [-0.3, -0.25) is 4.79 Å². The van der Waals surface area contributed by atoms with Crippen LogP contribution in [0.2, 0.25) is 0 Å². The van der Waals surface area contributed by atoms with E-state index in [4.69, 9.17) is 0 Å². The second kappa shape index (κ2) is 8.52. The molecule has 0 bridgehead atoms. The molecule has 0 spiro atoms. The molecule has 5 heteroatoms. The zero-order valence-corrected chi connectivity index (χ0v) is 15.3. The van der Waals surface area contributed by atoms with E-state index in [1.54, 1.807) is 0 Å². The minimum absolute atomic E-state index is 0.0671. The lowest BCUT2D eigenvalue weighted by Gasteiger charge is -2.12. The SMILES string of the molecule is Cc1ccsc1C(O)CNC(=O)Cc1ccc(SC(C)C)cc1. The number of thioether (sulfide) groups is 1. The summed E-state index contributed by atoms with van der Waals surface area (Å²) in [5.74, 6) is -0.0671. The third-order valence-electron chi connectivity index (χ3n) is 3.36. The van der Waals surface area contributed by atoms with Crippen LogP contribution < -0.4 is 5.32 Å². The predicted octanol–water partition coefficient (Wildman–Crippen LogP) is 3.95. The Hall–Kier alpha value is -1.30. The molecule has 0 fully saturated rings. The van der Waals surface area contributed by atoms with Gasteiger partial charge in [0.25, 0.3) is 0 Å². The summed E-state index contributed by atoms with van der Waals surface area (Å²) in [4.78, 5) is 14.1. The van der Waals surface area contributed by atoms with Crippen molar-refractivity contribution in [1.82, 2.24) is 5.32 Å². The molecular formula is C18H23NO2S2. The van der Waals surface area contributed by atoms with Crippen LogP contribution >= 0.6 is 23.1 Å². The quantitative estimate of drug-likeness (QED) is 0.744. The molecule has 1 aromatic heterocycles. The number of hydrogen-bond acceptors (Lipinski definition) is 4. The van der Waals surface area contributed by atoms with Gasteiger partial charge >= 0.3 is 0 Å². The molecule has 1 aromatic carbocycles. The maximum absolute atomic E-state index is 12.0. The van der Waals surface area contributed by atoms with Gasteiger partial charge in [0.05, 0.1) is 6.42 Å². The van der Waals surface area contributed by atoms with E-state index in [-0.39, 0.29) is 12.5 Å². The number of rotatable bonds is 7. The largest absolute Gasteiger partial charge is 0.386 e. The van der Waals surface area contributed by atoms with Crippen molar-refractivity contribution >= 4 is 29.0 Å². The van der Waals surface area contributed by atoms with Crippen LogP contribution in [0.4, 0.5) is 0 Å². The molecule has 0 aliphatic heterocycles. The van der Waals surface area contributed by atoms with Crippen molar-refractivity contribution in [3.05, 3.63) is 51.7 Å². The van der Waals surface area contributed by atoms with Gasteiger partial charge in [-0.15, -0.1) is 23.1 Å². The zero-order valence-electron chi connectivity index (χ0n) is 13.7. The number of hydrogen-bond donors (Lipinski definition) is 2. The van der Waals surface area contributed by atoms with Gasteiger partial charge in [0, 0.05) is 21.6 Å². The van der Waals surface area contributed by atoms with Crippen LogP contribution in [0.25, 0.3) is 0 Å². The summed E-state index contributed by atoms with van der Waals surface area (Å²) >= 11 is 3.32. The van der Waals surface area contributed by atoms with Gasteiger partial charge in [0.15, 0.2) is 0 Å². The van der Waals surface area contributed by atoms with Crippen LogP contribution in [-0.4, -0.2) is 22.8 Å². The molecule has 1 heterocycles. The first kappa shape index (κ1) is 18.0. The lowest BCUT2D eigenvalue weighted by molar-refractivity contribution is -0.120. The molecule has 2 rings (SSSR count). The monoisotopic (exact) mass is 349 g/mol. The molecule has 1 amide bonds. The van der Waals surface area contributed by atoms with E-state index in [1.165, 1.54) is 16.2 Å². The maximum atomic E-state index is 12.0. The number of carbonyl (C=O) groups excluding carboxylic acids is 1. The molecule has 0 aliphatic rings. The van der Waals surface area contributed by atoms with E-state index >= 15 is 0 Å². The topological polar surface area (TPSA) is 49.3 Å². The highest BCUT2D eigenvalue weighted by Gasteiger charge is 2.13. The normalized spacial score (nSPS) is 12.4. The number of benzene rings is 1. The Morgan fingerprint density at radius 1 is 1.26 bits per heavy atom. The minimum Gasteiger partial charge on any atom is -0.386 e. The van der Waals surface area contributed by atoms with Gasteiger partial charge in [0.1, 0.15) is 6.10 Å². The molecule has 0 radical (unpaired) electrons. The van der Waals surface area contributed by atoms with Crippen LogP contribution in [0.15, 0.2) is 40.6 Å². The van der Waals surface area contributed by atoms with Crippen molar-refractivity contribution in [2.24, 2.45) is 0 Å². The summed E-state index contributed by atoms with van der Waals surface area (Å²) in [6.07, 6.45) is -0.299. The molecule has 2 aromatic rings. The minimum atomic E-state index is -0.635. The Morgan fingerprint density at radius 3 is 2.52 bits per heavy atom. The predicted molar refractivity (Wildman–Crippen MR) is 98.2 cm³/mol. The summed E-state index contributed by atoms with van der Waals surface area (Å²) < 4.78 is 0. The highest BCUT2D eigenvalue weighted by atomic mass is 32.2. The van der Waals surface area contributed by atoms with Crippen LogP contribution in [0.1, 0.15) is 36.0 Å². The fraction of sp³-hybridized carbons (Fsp3) is 0.389. The Bertz CT molecular complexity index is 635. The molecule has 0 saturated heterocycles. The second-order valence-corrected chi connectivity index (χ2v) is 8.37. The standard InChI is InChI=1S/C18H23NO2S2/c1-12(2)23-15-6-4-14(5-7-15)10-17(21)19-11-16(20)18-13(3)8-9-22-18/h4-9,12,16,20H,10-11H2,1-3H3,(H,19,21). The van der Waals surface area contributed by atoms with Gasteiger partial charge < -0.3 is 10.4 Å². The maximum Gasteiger partial charge on any atom is 0.224 e. The first-order valence-electron chi connectivity index (χ1n) is 7.70. The average Bonchev–Trinajstić information content (AvgIpc) is 2.92. The number of thiophene rings is 1. The zero-order chi connectivity index (χ0) is 16.8. The van der Waals surface area contributed by atoms with Crippen molar-refractivity contribution < 1.29 is 9.90 Å². The Labute approximate surface area is 146 Å². The van der Waals surface area contributed by atoms with Crippen molar-refractivity contribution in [3.63, 3.8) is 0 Å². The third kappa shape index (κ3) is 5.68. The number of aliphatic hydroxyl groups excluding tert-OH is 1. The Balaban J connectivity index is 1.81. The van der Waals surface area contributed by atoms with E-state index in [0.717, 1.165) is 16.0 Å². The summed E-state index contributed by atoms with van der Waals surface area (Å²) in [6, 6.07) is 10.1. The van der Waals surface area contributed by atoms with Crippen LogP contribution in [0.5, 0.6) is 0 Å². The fourth-order valence-corrected chi connectivity index (χ4v) is 3.99. The molecule has 1 unspecified atom stereocenters. The van der Waals surface area contributed by atoms with Gasteiger partial charge in [0.2, 0.25) is 5.91 Å². The number of amides is 1. The van der Waals surface area contributed by atoms with E-state index < -0.39 is 6.10 Å². The molecule has 23 heavy (non-hydrogen) atoms. The van der Waals surface area contributed by atoms with Gasteiger partial charge in [-0.1, -0.05) is 26.0 Å². The van der Waals surface area contributed by atoms with Crippen molar-refractivity contribution in [2.75, 3.05) is 6.54 Å². The number of carbonyl (C=O) groups is 1. The molecule has 1 atom stereocenters. The van der Waals surface area contributed by atoms with Gasteiger partial charge in [-0.05, 0) is 41.6 Å². The van der Waals surface area contributed by atoms with E-state index in [2.05, 4.69) is 31.3 Å². The van der Waals surface area contributed by atoms with Crippen LogP contribution in [0, 0.1) is 6.92 Å². The lowest BCUT2D eigenvalue weighted by atomic mass is 10.1. The van der Waals surface area contributed by atoms with Crippen molar-refractivity contribution in [2.45, 2.75) is 43.4 Å². The number of aryl methyl sites for hydroxylation is 1. The van der Waals surface area contributed by atoms with E-state index in [1.807, 2.05) is 42.3 Å². The highest BCUT2D eigenvalue weighted by molar-refractivity contribution is 7.99. The second-order valence-electron chi connectivity index (χ2n) is 5.78. The van der Waals surface area contributed by atoms with Crippen molar-refractivity contribution in [3.8, 4) is 0 Å². The summed E-state index contributed by atoms with van der Waals surface area (Å²) in [5.41, 5.74) is 2.05. The fourth-order valence-electron chi connectivity index (χ4n) is 2.23. The van der Waals surface area contributed by atoms with Gasteiger partial charge in [-0.2, -0.15) is 0 Å². The summed E-state index contributed by atoms with van der Waals surface area (Å²) in [7, 11) is 0. The van der Waals surface area contributed by atoms with Crippen LogP contribution in [0.3, 0.4) is 0 Å². The first-order chi connectivity index (χ1) is 11.0. The van der Waals surface area contributed by atoms with E-state index in [0.29, 0.717) is 11.7 Å². The Kier molecular flexibility index (Phi) is 6.69. The molecule has 0 saturated carbocycles. The smallest absolute Gasteiger partial charge is 0.224 e. The number of aliphatic hydroxyl groups is 1. The third-order valence-corrected chi connectivity index (χ3v) is 5.49. The first-order valence-corrected chi connectivity index (χ1v) is 9.46. The number of nitrogens with one attached hydrogen (secondary N) is 1. The van der Waals surface area contributed by atoms with E-state index in [9.17, 15) is 9.90 Å². The Morgan fingerprint density at radius 2 is 1.96 bits per heavy atom. The molecule has 0 aliphatic carbocycles. The summed E-state index contributed by atoms with van der Waals surface area (Å²) in [6.45, 7) is 6.54. The summed E-state index contributed by atoms with van der Waals surface area (Å²) in [5, 5.41) is 15.4. The molecule has 2 N–H and O–H groups in total. The average molecular weight is 350 g/mol. The van der Waals surface area contributed by atoms with Crippen LogP contribution in [-0.2, 0) is 11.2 Å². The van der Waals surface area contributed by atoms with Gasteiger partial charge in [-0.25, -0.2) is 0 Å². The molecule has 124 valence electrons. The molecular weight excluding hydrogens is 326 g/mol. The highest BCUT2D eigenvalue weighted by Crippen LogP contribution is 2.24. The molecule has 3 nitrogen and oxygen atoms in total. The lowest BCUT2D eigenvalue weighted by Crippen LogP contribution is -2.29.